The highest BCUT2D eigenvalue weighted by atomic mass is 16.5. The molecule has 1 atom stereocenters. The predicted molar refractivity (Wildman–Crippen MR) is 90.4 cm³/mol. The van der Waals surface area contributed by atoms with Crippen molar-refractivity contribution in [2.75, 3.05) is 26.2 Å². The van der Waals surface area contributed by atoms with Crippen molar-refractivity contribution in [2.24, 2.45) is 0 Å². The Balaban J connectivity index is 1.44. The molecule has 0 spiro atoms. The van der Waals surface area contributed by atoms with Gasteiger partial charge in [-0.15, -0.1) is 0 Å². The van der Waals surface area contributed by atoms with Crippen LogP contribution in [0.4, 0.5) is 0 Å². The number of fused-ring (bicyclic) bond motifs is 1. The van der Waals surface area contributed by atoms with Crippen LogP contribution < -0.4 is 4.74 Å². The first-order valence-electron chi connectivity index (χ1n) is 8.28. The van der Waals surface area contributed by atoms with Crippen molar-refractivity contribution in [1.29, 1.82) is 0 Å². The van der Waals surface area contributed by atoms with Crippen molar-refractivity contribution in [3.63, 3.8) is 0 Å². The van der Waals surface area contributed by atoms with E-state index in [4.69, 9.17) is 4.74 Å². The molecule has 1 saturated heterocycles. The molecule has 23 heavy (non-hydrogen) atoms. The van der Waals surface area contributed by atoms with Gasteiger partial charge in [-0.3, -0.25) is 14.9 Å². The first-order chi connectivity index (χ1) is 11.4. The van der Waals surface area contributed by atoms with Gasteiger partial charge in [-0.1, -0.05) is 18.2 Å². The molecule has 118 valence electrons. The zero-order valence-electron chi connectivity index (χ0n) is 13.2. The van der Waals surface area contributed by atoms with Crippen LogP contribution in [0, 0.1) is 0 Å². The SMILES string of the molecule is C1=C(CN2CCCC(c3cnccn3)C2)COc2ccccc21. The summed E-state index contributed by atoms with van der Waals surface area (Å²) in [5.41, 5.74) is 3.66. The summed E-state index contributed by atoms with van der Waals surface area (Å²) in [5.74, 6) is 1.49. The number of piperidine rings is 1. The van der Waals surface area contributed by atoms with Gasteiger partial charge in [0, 0.05) is 43.2 Å². The highest BCUT2D eigenvalue weighted by Crippen LogP contribution is 2.28. The van der Waals surface area contributed by atoms with Crippen LogP contribution in [0.15, 0.2) is 48.4 Å². The number of hydrogen-bond acceptors (Lipinski definition) is 4. The summed E-state index contributed by atoms with van der Waals surface area (Å²) < 4.78 is 5.87. The van der Waals surface area contributed by atoms with Crippen LogP contribution >= 0.6 is 0 Å². The van der Waals surface area contributed by atoms with Crippen molar-refractivity contribution in [2.45, 2.75) is 18.8 Å². The average molecular weight is 307 g/mol. The van der Waals surface area contributed by atoms with Gasteiger partial charge in [0.05, 0.1) is 5.69 Å². The quantitative estimate of drug-likeness (QED) is 0.873. The summed E-state index contributed by atoms with van der Waals surface area (Å²) in [6, 6.07) is 8.24. The van der Waals surface area contributed by atoms with Gasteiger partial charge in [-0.2, -0.15) is 0 Å². The second-order valence-corrected chi connectivity index (χ2v) is 6.33. The predicted octanol–water partition coefficient (Wildman–Crippen LogP) is 3.13. The molecule has 0 aliphatic carbocycles. The summed E-state index contributed by atoms with van der Waals surface area (Å²) in [5, 5.41) is 0. The third-order valence-electron chi connectivity index (χ3n) is 4.63. The topological polar surface area (TPSA) is 38.2 Å². The van der Waals surface area contributed by atoms with E-state index in [9.17, 15) is 0 Å². The molecule has 0 bridgehead atoms. The number of likely N-dealkylation sites (tertiary alicyclic amines) is 1. The van der Waals surface area contributed by atoms with Crippen LogP contribution in [-0.4, -0.2) is 41.1 Å². The Labute approximate surface area is 136 Å². The van der Waals surface area contributed by atoms with E-state index in [1.807, 2.05) is 18.3 Å². The summed E-state index contributed by atoms with van der Waals surface area (Å²) in [6.07, 6.45) is 10.1. The van der Waals surface area contributed by atoms with Crippen LogP contribution in [0.3, 0.4) is 0 Å². The van der Waals surface area contributed by atoms with E-state index in [1.165, 1.54) is 24.0 Å². The first-order valence-corrected chi connectivity index (χ1v) is 8.28. The monoisotopic (exact) mass is 307 g/mol. The highest BCUT2D eigenvalue weighted by Gasteiger charge is 2.23. The second-order valence-electron chi connectivity index (χ2n) is 6.33. The number of ether oxygens (including phenoxy) is 1. The third-order valence-corrected chi connectivity index (χ3v) is 4.63. The van der Waals surface area contributed by atoms with Crippen LogP contribution in [0.1, 0.15) is 30.0 Å². The number of para-hydroxylation sites is 1. The molecule has 0 amide bonds. The molecular formula is C19H21N3O. The van der Waals surface area contributed by atoms with Gasteiger partial charge in [0.15, 0.2) is 0 Å². The van der Waals surface area contributed by atoms with Gasteiger partial charge in [-0.05, 0) is 37.1 Å². The molecule has 4 nitrogen and oxygen atoms in total. The Kier molecular flexibility index (Phi) is 4.07. The molecule has 4 heteroatoms. The molecule has 2 aliphatic heterocycles. The van der Waals surface area contributed by atoms with Crippen LogP contribution in [0.25, 0.3) is 6.08 Å². The minimum atomic E-state index is 0.495. The van der Waals surface area contributed by atoms with Gasteiger partial charge >= 0.3 is 0 Å². The number of benzene rings is 1. The standard InChI is InChI=1S/C19H21N3O/c1-2-6-19-16(4-1)10-15(14-23-19)12-22-9-3-5-17(13-22)18-11-20-7-8-21-18/h1-2,4,6-8,10-11,17H,3,5,9,12-14H2. The summed E-state index contributed by atoms with van der Waals surface area (Å²) in [4.78, 5) is 11.2. The largest absolute Gasteiger partial charge is 0.489 e. The van der Waals surface area contributed by atoms with Crippen molar-refractivity contribution in [3.8, 4) is 5.75 Å². The molecule has 1 fully saturated rings. The fraction of sp³-hybridized carbons (Fsp3) is 0.368. The van der Waals surface area contributed by atoms with Crippen molar-refractivity contribution >= 4 is 6.08 Å². The summed E-state index contributed by atoms with van der Waals surface area (Å²) in [6.45, 7) is 3.88. The van der Waals surface area contributed by atoms with Crippen molar-refractivity contribution in [1.82, 2.24) is 14.9 Å². The number of aromatic nitrogens is 2. The Morgan fingerprint density at radius 3 is 3.09 bits per heavy atom. The molecule has 1 unspecified atom stereocenters. The average Bonchev–Trinajstić information content (AvgIpc) is 2.63. The van der Waals surface area contributed by atoms with Gasteiger partial charge in [0.2, 0.25) is 0 Å². The summed E-state index contributed by atoms with van der Waals surface area (Å²) in [7, 11) is 0. The lowest BCUT2D eigenvalue weighted by molar-refractivity contribution is 0.213. The second kappa shape index (κ2) is 6.50. The van der Waals surface area contributed by atoms with Crippen LogP contribution in [0.2, 0.25) is 0 Å². The summed E-state index contributed by atoms with van der Waals surface area (Å²) >= 11 is 0. The lowest BCUT2D eigenvalue weighted by Gasteiger charge is -2.33. The van der Waals surface area contributed by atoms with E-state index in [2.05, 4.69) is 33.1 Å². The normalized spacial score (nSPS) is 21.2. The van der Waals surface area contributed by atoms with Crippen LogP contribution in [-0.2, 0) is 0 Å². The lowest BCUT2D eigenvalue weighted by Crippen LogP contribution is -2.37. The van der Waals surface area contributed by atoms with E-state index in [0.717, 1.165) is 31.1 Å². The van der Waals surface area contributed by atoms with Crippen LogP contribution in [0.5, 0.6) is 5.75 Å². The fourth-order valence-corrected chi connectivity index (χ4v) is 3.50. The fourth-order valence-electron chi connectivity index (χ4n) is 3.50. The molecule has 0 radical (unpaired) electrons. The van der Waals surface area contributed by atoms with E-state index in [-0.39, 0.29) is 0 Å². The van der Waals surface area contributed by atoms with E-state index in [1.54, 1.807) is 12.4 Å². The molecule has 1 aromatic carbocycles. The molecular weight excluding hydrogens is 286 g/mol. The Hall–Kier alpha value is -2.20. The molecule has 3 heterocycles. The Morgan fingerprint density at radius 1 is 1.22 bits per heavy atom. The number of hydrogen-bond donors (Lipinski definition) is 0. The van der Waals surface area contributed by atoms with E-state index in [0.29, 0.717) is 12.5 Å². The van der Waals surface area contributed by atoms with Gasteiger partial charge in [0.1, 0.15) is 12.4 Å². The van der Waals surface area contributed by atoms with Gasteiger partial charge in [0.25, 0.3) is 0 Å². The molecule has 2 aromatic rings. The minimum absolute atomic E-state index is 0.495. The molecule has 2 aliphatic rings. The first kappa shape index (κ1) is 14.4. The smallest absolute Gasteiger partial charge is 0.127 e. The maximum Gasteiger partial charge on any atom is 0.127 e. The maximum atomic E-state index is 5.87. The maximum absolute atomic E-state index is 5.87. The Morgan fingerprint density at radius 2 is 2.17 bits per heavy atom. The molecule has 4 rings (SSSR count). The number of rotatable bonds is 3. The van der Waals surface area contributed by atoms with Crippen molar-refractivity contribution < 1.29 is 4.74 Å². The molecule has 0 saturated carbocycles. The van der Waals surface area contributed by atoms with Crippen molar-refractivity contribution in [3.05, 3.63) is 59.7 Å². The zero-order chi connectivity index (χ0) is 15.5. The highest BCUT2D eigenvalue weighted by molar-refractivity contribution is 5.62. The van der Waals surface area contributed by atoms with Gasteiger partial charge in [-0.25, -0.2) is 0 Å². The minimum Gasteiger partial charge on any atom is -0.489 e. The van der Waals surface area contributed by atoms with E-state index >= 15 is 0 Å². The molecule has 0 N–H and O–H groups in total. The lowest BCUT2D eigenvalue weighted by atomic mass is 9.94. The zero-order valence-corrected chi connectivity index (χ0v) is 13.2. The third kappa shape index (κ3) is 3.27. The van der Waals surface area contributed by atoms with E-state index < -0.39 is 0 Å². The Bertz CT molecular complexity index is 699. The van der Waals surface area contributed by atoms with Gasteiger partial charge < -0.3 is 4.74 Å². The molecule has 1 aromatic heterocycles. The number of nitrogens with zero attached hydrogens (tertiary/aromatic N) is 3.